The van der Waals surface area contributed by atoms with E-state index in [2.05, 4.69) is 89.8 Å². The Labute approximate surface area is 130 Å². The lowest BCUT2D eigenvalue weighted by atomic mass is 9.98. The standard InChI is InChI=1S/C18H16N.BrH/c1-4-10-16(11-5-1)18(17-12-6-2-7-13-17)19-14-8-3-9-15-19;/h1-15,18H;1H/q+1;/p-1. The third-order valence-corrected chi connectivity index (χ3v) is 3.27. The average Bonchev–Trinajstić information content (AvgIpc) is 2.51. The lowest BCUT2D eigenvalue weighted by Gasteiger charge is -2.13. The monoisotopic (exact) mass is 325 g/mol. The van der Waals surface area contributed by atoms with Crippen molar-refractivity contribution in [1.29, 1.82) is 0 Å². The average molecular weight is 326 g/mol. The second kappa shape index (κ2) is 7.01. The van der Waals surface area contributed by atoms with E-state index < -0.39 is 0 Å². The predicted octanol–water partition coefficient (Wildman–Crippen LogP) is 0.616. The fourth-order valence-corrected chi connectivity index (χ4v) is 2.39. The minimum atomic E-state index is 0. The van der Waals surface area contributed by atoms with Gasteiger partial charge in [0.25, 0.3) is 0 Å². The van der Waals surface area contributed by atoms with Crippen molar-refractivity contribution in [2.24, 2.45) is 0 Å². The highest BCUT2D eigenvalue weighted by molar-refractivity contribution is 5.29. The minimum absolute atomic E-state index is 0. The number of pyridine rings is 1. The second-order valence-corrected chi connectivity index (χ2v) is 4.55. The third-order valence-electron chi connectivity index (χ3n) is 3.27. The largest absolute Gasteiger partial charge is 1.00 e. The molecule has 0 unspecified atom stereocenters. The van der Waals surface area contributed by atoms with Crippen LogP contribution in [0.4, 0.5) is 0 Å². The van der Waals surface area contributed by atoms with Gasteiger partial charge in [0.05, 0.1) is 0 Å². The molecule has 0 fully saturated rings. The van der Waals surface area contributed by atoms with Crippen molar-refractivity contribution in [2.75, 3.05) is 0 Å². The lowest BCUT2D eigenvalue weighted by molar-refractivity contribution is -0.704. The maximum Gasteiger partial charge on any atom is 0.208 e. The topological polar surface area (TPSA) is 3.88 Å². The van der Waals surface area contributed by atoms with E-state index in [-0.39, 0.29) is 23.0 Å². The summed E-state index contributed by atoms with van der Waals surface area (Å²) in [5.41, 5.74) is 2.59. The van der Waals surface area contributed by atoms with Crippen molar-refractivity contribution in [2.45, 2.75) is 6.04 Å². The van der Waals surface area contributed by atoms with Crippen LogP contribution in [0.2, 0.25) is 0 Å². The molecule has 1 nitrogen and oxygen atoms in total. The number of hydrogen-bond donors (Lipinski definition) is 0. The van der Waals surface area contributed by atoms with Crippen molar-refractivity contribution in [1.82, 2.24) is 0 Å². The molecule has 0 aliphatic rings. The van der Waals surface area contributed by atoms with Gasteiger partial charge in [-0.25, -0.2) is 0 Å². The van der Waals surface area contributed by atoms with Crippen molar-refractivity contribution < 1.29 is 21.5 Å². The summed E-state index contributed by atoms with van der Waals surface area (Å²) in [6.45, 7) is 0. The summed E-state index contributed by atoms with van der Waals surface area (Å²) in [5.74, 6) is 0. The molecule has 0 aliphatic heterocycles. The van der Waals surface area contributed by atoms with E-state index in [1.54, 1.807) is 0 Å². The van der Waals surface area contributed by atoms with Crippen LogP contribution in [0, 0.1) is 0 Å². The quantitative estimate of drug-likeness (QED) is 0.621. The minimum Gasteiger partial charge on any atom is -1.00 e. The Balaban J connectivity index is 0.00000147. The normalized spacial score (nSPS) is 10.1. The van der Waals surface area contributed by atoms with Crippen LogP contribution in [-0.4, -0.2) is 0 Å². The zero-order valence-electron chi connectivity index (χ0n) is 11.1. The predicted molar refractivity (Wildman–Crippen MR) is 76.8 cm³/mol. The number of hydrogen-bond acceptors (Lipinski definition) is 0. The summed E-state index contributed by atoms with van der Waals surface area (Å²) < 4.78 is 2.24. The molecule has 3 aromatic rings. The number of halogens is 1. The SMILES string of the molecule is [Br-].c1ccc(C(c2ccccc2)[n+]2ccccc2)cc1. The van der Waals surface area contributed by atoms with Crippen LogP contribution in [-0.2, 0) is 0 Å². The van der Waals surface area contributed by atoms with Gasteiger partial charge in [0, 0.05) is 23.3 Å². The fourth-order valence-electron chi connectivity index (χ4n) is 2.39. The van der Waals surface area contributed by atoms with Gasteiger partial charge in [0.2, 0.25) is 6.04 Å². The number of aromatic nitrogens is 1. The highest BCUT2D eigenvalue weighted by Crippen LogP contribution is 2.20. The van der Waals surface area contributed by atoms with Crippen LogP contribution in [0.1, 0.15) is 17.2 Å². The summed E-state index contributed by atoms with van der Waals surface area (Å²) >= 11 is 0. The molecule has 3 rings (SSSR count). The molecule has 2 aromatic carbocycles. The summed E-state index contributed by atoms with van der Waals surface area (Å²) in [6.07, 6.45) is 4.23. The van der Waals surface area contributed by atoms with Gasteiger partial charge in [0.1, 0.15) is 0 Å². The van der Waals surface area contributed by atoms with Gasteiger partial charge in [-0.15, -0.1) is 0 Å². The smallest absolute Gasteiger partial charge is 0.208 e. The Morgan fingerprint density at radius 3 is 1.40 bits per heavy atom. The lowest BCUT2D eigenvalue weighted by Crippen LogP contribution is -3.00. The zero-order chi connectivity index (χ0) is 12.9. The molecule has 0 amide bonds. The molecule has 0 bridgehead atoms. The molecule has 2 heteroatoms. The van der Waals surface area contributed by atoms with E-state index in [0.29, 0.717) is 0 Å². The number of nitrogens with zero attached hydrogens (tertiary/aromatic N) is 1. The molecule has 0 atom stereocenters. The van der Waals surface area contributed by atoms with Gasteiger partial charge >= 0.3 is 0 Å². The molecule has 1 aromatic heterocycles. The molecule has 0 radical (unpaired) electrons. The Morgan fingerprint density at radius 2 is 0.950 bits per heavy atom. The molecular formula is C18H16BrN. The van der Waals surface area contributed by atoms with Gasteiger partial charge in [-0.1, -0.05) is 66.7 Å². The van der Waals surface area contributed by atoms with E-state index >= 15 is 0 Å². The Kier molecular flexibility index (Phi) is 5.08. The molecule has 20 heavy (non-hydrogen) atoms. The van der Waals surface area contributed by atoms with E-state index in [4.69, 9.17) is 0 Å². The number of rotatable bonds is 3. The summed E-state index contributed by atoms with van der Waals surface area (Å²) in [5, 5.41) is 0. The van der Waals surface area contributed by atoms with E-state index in [9.17, 15) is 0 Å². The van der Waals surface area contributed by atoms with Crippen LogP contribution < -0.4 is 21.5 Å². The highest BCUT2D eigenvalue weighted by Gasteiger charge is 2.22. The zero-order valence-corrected chi connectivity index (χ0v) is 12.6. The molecule has 0 saturated carbocycles. The Bertz CT molecular complexity index is 529. The van der Waals surface area contributed by atoms with Crippen LogP contribution in [0.25, 0.3) is 0 Å². The Hall–Kier alpha value is -1.93. The van der Waals surface area contributed by atoms with E-state index in [0.717, 1.165) is 0 Å². The van der Waals surface area contributed by atoms with Gasteiger partial charge in [-0.3, -0.25) is 0 Å². The van der Waals surface area contributed by atoms with Gasteiger partial charge in [-0.2, -0.15) is 4.57 Å². The highest BCUT2D eigenvalue weighted by atomic mass is 79.9. The molecule has 1 heterocycles. The maximum absolute atomic E-state index is 2.24. The molecule has 0 saturated heterocycles. The van der Waals surface area contributed by atoms with Crippen molar-refractivity contribution in [3.8, 4) is 0 Å². The van der Waals surface area contributed by atoms with Crippen molar-refractivity contribution in [3.63, 3.8) is 0 Å². The summed E-state index contributed by atoms with van der Waals surface area (Å²) in [7, 11) is 0. The summed E-state index contributed by atoms with van der Waals surface area (Å²) in [4.78, 5) is 0. The first-order valence-corrected chi connectivity index (χ1v) is 6.51. The second-order valence-electron chi connectivity index (χ2n) is 4.55. The number of benzene rings is 2. The third kappa shape index (κ3) is 3.14. The fraction of sp³-hybridized carbons (Fsp3) is 0.0556. The first kappa shape index (κ1) is 14.5. The molecule has 0 aliphatic carbocycles. The van der Waals surface area contributed by atoms with Crippen molar-refractivity contribution >= 4 is 0 Å². The summed E-state index contributed by atoms with van der Waals surface area (Å²) in [6, 6.07) is 27.6. The van der Waals surface area contributed by atoms with E-state index in [1.165, 1.54) is 11.1 Å². The van der Waals surface area contributed by atoms with Crippen molar-refractivity contribution in [3.05, 3.63) is 102 Å². The first-order valence-electron chi connectivity index (χ1n) is 6.51. The van der Waals surface area contributed by atoms with Gasteiger partial charge in [-0.05, 0) is 0 Å². The van der Waals surface area contributed by atoms with Crippen LogP contribution in [0.3, 0.4) is 0 Å². The van der Waals surface area contributed by atoms with Crippen LogP contribution >= 0.6 is 0 Å². The van der Waals surface area contributed by atoms with Gasteiger partial charge < -0.3 is 17.0 Å². The van der Waals surface area contributed by atoms with Gasteiger partial charge in [0.15, 0.2) is 12.4 Å². The first-order chi connectivity index (χ1) is 9.45. The molecule has 0 spiro atoms. The molecular weight excluding hydrogens is 310 g/mol. The molecule has 100 valence electrons. The molecule has 0 N–H and O–H groups in total. The van der Waals surface area contributed by atoms with E-state index in [1.807, 2.05) is 6.07 Å². The van der Waals surface area contributed by atoms with Crippen LogP contribution in [0.5, 0.6) is 0 Å². The maximum atomic E-state index is 2.24. The van der Waals surface area contributed by atoms with Crippen LogP contribution in [0.15, 0.2) is 91.3 Å². The Morgan fingerprint density at radius 1 is 0.550 bits per heavy atom.